The van der Waals surface area contributed by atoms with Crippen molar-refractivity contribution in [2.45, 2.75) is 26.4 Å². The highest BCUT2D eigenvalue weighted by Gasteiger charge is 2.09. The fraction of sp³-hybridized carbons (Fsp3) is 0.467. The molecule has 2 rings (SSSR count). The maximum atomic E-state index is 6.21. The van der Waals surface area contributed by atoms with Gasteiger partial charge in [0.1, 0.15) is 5.82 Å². The molecule has 114 valence electrons. The standard InChI is InChI=1S/C15H22ClN5/c1-4-7-17-9-14-13(16)5-6-15(19-14)20(2)10-12-8-18-21(3)11-12/h5-6,8,11,17H,4,7,9-10H2,1-3H3. The van der Waals surface area contributed by atoms with Gasteiger partial charge in [-0.15, -0.1) is 0 Å². The van der Waals surface area contributed by atoms with Crippen LogP contribution in [0.5, 0.6) is 0 Å². The van der Waals surface area contributed by atoms with Crippen molar-refractivity contribution < 1.29 is 0 Å². The lowest BCUT2D eigenvalue weighted by Crippen LogP contribution is -2.20. The van der Waals surface area contributed by atoms with Crippen molar-refractivity contribution in [3.8, 4) is 0 Å². The van der Waals surface area contributed by atoms with Gasteiger partial charge in [0.2, 0.25) is 0 Å². The third kappa shape index (κ3) is 4.44. The lowest BCUT2D eigenvalue weighted by molar-refractivity contribution is 0.663. The summed E-state index contributed by atoms with van der Waals surface area (Å²) in [7, 11) is 3.94. The van der Waals surface area contributed by atoms with Crippen LogP contribution in [0.15, 0.2) is 24.5 Å². The van der Waals surface area contributed by atoms with Gasteiger partial charge >= 0.3 is 0 Å². The molecule has 0 saturated carbocycles. The number of hydrogen-bond acceptors (Lipinski definition) is 4. The average Bonchev–Trinajstić information content (AvgIpc) is 2.86. The van der Waals surface area contributed by atoms with Crippen molar-refractivity contribution in [3.05, 3.63) is 40.8 Å². The first-order chi connectivity index (χ1) is 10.1. The molecule has 0 spiro atoms. The summed E-state index contributed by atoms with van der Waals surface area (Å²) in [6, 6.07) is 3.86. The van der Waals surface area contributed by atoms with Gasteiger partial charge < -0.3 is 10.2 Å². The quantitative estimate of drug-likeness (QED) is 0.799. The van der Waals surface area contributed by atoms with E-state index in [1.807, 2.05) is 38.6 Å². The summed E-state index contributed by atoms with van der Waals surface area (Å²) in [4.78, 5) is 6.75. The molecule has 21 heavy (non-hydrogen) atoms. The van der Waals surface area contributed by atoms with Crippen LogP contribution in [-0.2, 0) is 20.1 Å². The first-order valence-corrected chi connectivity index (χ1v) is 7.52. The average molecular weight is 308 g/mol. The van der Waals surface area contributed by atoms with Crippen LogP contribution in [-0.4, -0.2) is 28.4 Å². The second kappa shape index (κ2) is 7.43. The summed E-state index contributed by atoms with van der Waals surface area (Å²) in [5, 5.41) is 8.22. The summed E-state index contributed by atoms with van der Waals surface area (Å²) in [5.74, 6) is 0.913. The Kier molecular flexibility index (Phi) is 5.59. The van der Waals surface area contributed by atoms with E-state index in [-0.39, 0.29) is 0 Å². The second-order valence-corrected chi connectivity index (χ2v) is 5.56. The highest BCUT2D eigenvalue weighted by molar-refractivity contribution is 6.31. The zero-order valence-electron chi connectivity index (χ0n) is 12.8. The largest absolute Gasteiger partial charge is 0.355 e. The minimum Gasteiger partial charge on any atom is -0.355 e. The van der Waals surface area contributed by atoms with Crippen LogP contribution in [0.1, 0.15) is 24.6 Å². The summed E-state index contributed by atoms with van der Waals surface area (Å²) in [5.41, 5.74) is 2.04. The minimum absolute atomic E-state index is 0.696. The van der Waals surface area contributed by atoms with Gasteiger partial charge in [-0.1, -0.05) is 18.5 Å². The van der Waals surface area contributed by atoms with Gasteiger partial charge in [-0.3, -0.25) is 4.68 Å². The van der Waals surface area contributed by atoms with Crippen LogP contribution >= 0.6 is 11.6 Å². The number of halogens is 1. The van der Waals surface area contributed by atoms with Crippen LogP contribution in [0.3, 0.4) is 0 Å². The second-order valence-electron chi connectivity index (χ2n) is 5.15. The molecule has 0 aromatic carbocycles. The first-order valence-electron chi connectivity index (χ1n) is 7.15. The number of nitrogens with zero attached hydrogens (tertiary/aromatic N) is 4. The molecule has 0 aliphatic rings. The summed E-state index contributed by atoms with van der Waals surface area (Å²) in [6.45, 7) is 4.57. The van der Waals surface area contributed by atoms with Gasteiger partial charge in [0.05, 0.1) is 16.9 Å². The number of nitrogens with one attached hydrogen (secondary N) is 1. The summed E-state index contributed by atoms with van der Waals surface area (Å²) in [6.07, 6.45) is 4.98. The normalized spacial score (nSPS) is 10.9. The maximum absolute atomic E-state index is 6.21. The van der Waals surface area contributed by atoms with Crippen LogP contribution in [0.2, 0.25) is 5.02 Å². The number of pyridine rings is 1. The molecule has 5 nitrogen and oxygen atoms in total. The number of hydrogen-bond donors (Lipinski definition) is 1. The number of anilines is 1. The molecule has 0 bridgehead atoms. The third-order valence-corrected chi connectivity index (χ3v) is 3.54. The monoisotopic (exact) mass is 307 g/mol. The first kappa shape index (κ1) is 15.8. The van der Waals surface area contributed by atoms with Crippen molar-refractivity contribution in [3.63, 3.8) is 0 Å². The number of aryl methyl sites for hydroxylation is 1. The van der Waals surface area contributed by atoms with Crippen LogP contribution in [0, 0.1) is 0 Å². The molecule has 1 N–H and O–H groups in total. The Morgan fingerprint density at radius 1 is 1.38 bits per heavy atom. The van der Waals surface area contributed by atoms with E-state index in [9.17, 15) is 0 Å². The van der Waals surface area contributed by atoms with E-state index in [2.05, 4.69) is 27.2 Å². The molecule has 0 fully saturated rings. The Morgan fingerprint density at radius 3 is 2.86 bits per heavy atom. The Bertz CT molecular complexity index is 581. The van der Waals surface area contributed by atoms with Gasteiger partial charge in [-0.2, -0.15) is 5.10 Å². The van der Waals surface area contributed by atoms with E-state index in [0.717, 1.165) is 36.6 Å². The topological polar surface area (TPSA) is 46.0 Å². The molecular formula is C15H22ClN5. The van der Waals surface area contributed by atoms with Gasteiger partial charge in [-0.25, -0.2) is 4.98 Å². The molecule has 0 radical (unpaired) electrons. The van der Waals surface area contributed by atoms with Crippen molar-refractivity contribution in [1.29, 1.82) is 0 Å². The van der Waals surface area contributed by atoms with Gasteiger partial charge in [0, 0.05) is 38.9 Å². The van der Waals surface area contributed by atoms with Crippen molar-refractivity contribution in [1.82, 2.24) is 20.1 Å². The van der Waals surface area contributed by atoms with E-state index >= 15 is 0 Å². The molecular weight excluding hydrogens is 286 g/mol. The van der Waals surface area contributed by atoms with Gasteiger partial charge in [0.15, 0.2) is 0 Å². The highest BCUT2D eigenvalue weighted by atomic mass is 35.5. The minimum atomic E-state index is 0.696. The Labute approximate surface area is 130 Å². The molecule has 6 heteroatoms. The van der Waals surface area contributed by atoms with E-state index in [1.54, 1.807) is 4.68 Å². The zero-order chi connectivity index (χ0) is 15.2. The fourth-order valence-corrected chi connectivity index (χ4v) is 2.27. The molecule has 2 aromatic heterocycles. The lowest BCUT2D eigenvalue weighted by atomic mass is 10.3. The Morgan fingerprint density at radius 2 is 2.19 bits per heavy atom. The smallest absolute Gasteiger partial charge is 0.129 e. The third-order valence-electron chi connectivity index (χ3n) is 3.19. The molecule has 0 unspecified atom stereocenters. The van der Waals surface area contributed by atoms with Crippen molar-refractivity contribution >= 4 is 17.4 Å². The molecule has 2 aromatic rings. The van der Waals surface area contributed by atoms with E-state index in [1.165, 1.54) is 0 Å². The SMILES string of the molecule is CCCNCc1nc(N(C)Cc2cnn(C)c2)ccc1Cl. The Hall–Kier alpha value is -1.59. The van der Waals surface area contributed by atoms with E-state index < -0.39 is 0 Å². The predicted molar refractivity (Wildman–Crippen MR) is 86.6 cm³/mol. The van der Waals surface area contributed by atoms with Crippen LogP contribution in [0.4, 0.5) is 5.82 Å². The molecule has 0 saturated heterocycles. The molecule has 0 amide bonds. The molecule has 0 atom stereocenters. The van der Waals surface area contributed by atoms with Crippen molar-refractivity contribution in [2.24, 2.45) is 7.05 Å². The zero-order valence-corrected chi connectivity index (χ0v) is 13.6. The number of rotatable bonds is 7. The van der Waals surface area contributed by atoms with Crippen LogP contribution < -0.4 is 10.2 Å². The van der Waals surface area contributed by atoms with Gasteiger partial charge in [0.25, 0.3) is 0 Å². The van der Waals surface area contributed by atoms with E-state index in [4.69, 9.17) is 11.6 Å². The molecule has 0 aliphatic heterocycles. The summed E-state index contributed by atoms with van der Waals surface area (Å²) >= 11 is 6.21. The van der Waals surface area contributed by atoms with E-state index in [0.29, 0.717) is 11.6 Å². The fourth-order valence-electron chi connectivity index (χ4n) is 2.10. The molecule has 2 heterocycles. The number of aromatic nitrogens is 3. The van der Waals surface area contributed by atoms with Crippen LogP contribution in [0.25, 0.3) is 0 Å². The highest BCUT2D eigenvalue weighted by Crippen LogP contribution is 2.19. The Balaban J connectivity index is 2.06. The maximum Gasteiger partial charge on any atom is 0.129 e. The van der Waals surface area contributed by atoms with Crippen molar-refractivity contribution in [2.75, 3.05) is 18.5 Å². The lowest BCUT2D eigenvalue weighted by Gasteiger charge is -2.18. The summed E-state index contributed by atoms with van der Waals surface area (Å²) < 4.78 is 1.80. The van der Waals surface area contributed by atoms with Gasteiger partial charge in [-0.05, 0) is 25.1 Å². The predicted octanol–water partition coefficient (Wildman–Crippen LogP) is 2.60. The molecule has 0 aliphatic carbocycles.